The number of aromatic nitrogens is 2. The van der Waals surface area contributed by atoms with Gasteiger partial charge in [0, 0.05) is 38.1 Å². The van der Waals surface area contributed by atoms with Crippen LogP contribution in [0.2, 0.25) is 0 Å². The van der Waals surface area contributed by atoms with Crippen molar-refractivity contribution in [3.63, 3.8) is 0 Å². The van der Waals surface area contributed by atoms with Crippen molar-refractivity contribution in [2.75, 3.05) is 13.1 Å². The van der Waals surface area contributed by atoms with Gasteiger partial charge in [-0.15, -0.1) is 12.4 Å². The first-order valence-corrected chi connectivity index (χ1v) is 7.24. The number of hydrogen-bond acceptors (Lipinski definition) is 3. The summed E-state index contributed by atoms with van der Waals surface area (Å²) >= 11 is 0. The maximum atomic E-state index is 6.09. The second-order valence-corrected chi connectivity index (χ2v) is 5.79. The van der Waals surface area contributed by atoms with Crippen LogP contribution in [0.1, 0.15) is 18.3 Å². The molecular formula is C16H23ClN4. The van der Waals surface area contributed by atoms with Crippen LogP contribution in [0.25, 0.3) is 0 Å². The largest absolute Gasteiger partial charge is 0.329 e. The predicted molar refractivity (Wildman–Crippen MR) is 87.4 cm³/mol. The molecule has 0 spiro atoms. The third-order valence-electron chi connectivity index (χ3n) is 4.11. The lowest BCUT2D eigenvalue weighted by Crippen LogP contribution is -2.28. The van der Waals surface area contributed by atoms with Gasteiger partial charge < -0.3 is 10.3 Å². The summed E-state index contributed by atoms with van der Waals surface area (Å²) < 4.78 is 2.23. The molecule has 2 aromatic rings. The van der Waals surface area contributed by atoms with Crippen LogP contribution in [0.15, 0.2) is 42.7 Å². The average molecular weight is 307 g/mol. The number of imidazole rings is 1. The monoisotopic (exact) mass is 306 g/mol. The quantitative estimate of drug-likeness (QED) is 0.941. The van der Waals surface area contributed by atoms with E-state index in [2.05, 4.69) is 51.8 Å². The molecule has 21 heavy (non-hydrogen) atoms. The zero-order valence-corrected chi connectivity index (χ0v) is 13.2. The third-order valence-corrected chi connectivity index (χ3v) is 4.11. The number of rotatable bonds is 4. The molecule has 1 aromatic carbocycles. The molecule has 1 aromatic heterocycles. The summed E-state index contributed by atoms with van der Waals surface area (Å²) in [5, 5.41) is 0. The van der Waals surface area contributed by atoms with Gasteiger partial charge in [0.05, 0.1) is 6.54 Å². The van der Waals surface area contributed by atoms with Gasteiger partial charge in [0.15, 0.2) is 0 Å². The van der Waals surface area contributed by atoms with Gasteiger partial charge in [-0.25, -0.2) is 4.98 Å². The zero-order chi connectivity index (χ0) is 13.9. The normalized spacial score (nSPS) is 22.2. The van der Waals surface area contributed by atoms with E-state index < -0.39 is 0 Å². The number of hydrogen-bond donors (Lipinski definition) is 1. The molecule has 2 heterocycles. The standard InChI is InChI=1S/C16H22N4.ClH/c1-13-9-19(11-15(13)17)12-16-18-7-8-20(16)10-14-5-3-2-4-6-14;/h2-8,13,15H,9-12,17H2,1H3;1H. The summed E-state index contributed by atoms with van der Waals surface area (Å²) in [4.78, 5) is 6.91. The van der Waals surface area contributed by atoms with Crippen molar-refractivity contribution in [2.45, 2.75) is 26.1 Å². The van der Waals surface area contributed by atoms with E-state index >= 15 is 0 Å². The Morgan fingerprint density at radius 3 is 2.62 bits per heavy atom. The van der Waals surface area contributed by atoms with E-state index in [4.69, 9.17) is 5.73 Å². The number of likely N-dealkylation sites (tertiary alicyclic amines) is 1. The zero-order valence-electron chi connectivity index (χ0n) is 12.4. The Morgan fingerprint density at radius 2 is 1.95 bits per heavy atom. The third kappa shape index (κ3) is 3.84. The van der Waals surface area contributed by atoms with E-state index in [0.29, 0.717) is 12.0 Å². The van der Waals surface area contributed by atoms with Gasteiger partial charge in [-0.2, -0.15) is 0 Å². The second kappa shape index (κ2) is 7.07. The van der Waals surface area contributed by atoms with Crippen molar-refractivity contribution in [1.29, 1.82) is 0 Å². The molecule has 2 atom stereocenters. The Kier molecular flexibility index (Phi) is 5.39. The molecule has 0 radical (unpaired) electrons. The van der Waals surface area contributed by atoms with E-state index in [1.165, 1.54) is 5.56 Å². The molecule has 1 saturated heterocycles. The van der Waals surface area contributed by atoms with Gasteiger partial charge in [0.2, 0.25) is 0 Å². The molecule has 1 aliphatic heterocycles. The molecule has 1 aliphatic rings. The topological polar surface area (TPSA) is 47.1 Å². The van der Waals surface area contributed by atoms with E-state index in [9.17, 15) is 0 Å². The molecule has 4 nitrogen and oxygen atoms in total. The summed E-state index contributed by atoms with van der Waals surface area (Å²) in [6.45, 7) is 6.03. The van der Waals surface area contributed by atoms with Crippen molar-refractivity contribution in [2.24, 2.45) is 11.7 Å². The molecule has 2 unspecified atom stereocenters. The molecule has 2 N–H and O–H groups in total. The Labute approximate surface area is 132 Å². The van der Waals surface area contributed by atoms with Crippen LogP contribution in [0.3, 0.4) is 0 Å². The van der Waals surface area contributed by atoms with Crippen LogP contribution in [0.4, 0.5) is 0 Å². The fraction of sp³-hybridized carbons (Fsp3) is 0.438. The van der Waals surface area contributed by atoms with Crippen LogP contribution in [0.5, 0.6) is 0 Å². The Hall–Kier alpha value is -1.36. The van der Waals surface area contributed by atoms with Gasteiger partial charge >= 0.3 is 0 Å². The summed E-state index contributed by atoms with van der Waals surface area (Å²) in [5.41, 5.74) is 7.39. The Balaban J connectivity index is 0.00000161. The minimum atomic E-state index is 0. The Bertz CT molecular complexity index is 544. The van der Waals surface area contributed by atoms with E-state index in [1.807, 2.05) is 12.3 Å². The molecule has 5 heteroatoms. The lowest BCUT2D eigenvalue weighted by Gasteiger charge is -2.16. The number of halogens is 1. The average Bonchev–Trinajstić information content (AvgIpc) is 2.99. The molecule has 114 valence electrons. The smallest absolute Gasteiger partial charge is 0.123 e. The fourth-order valence-corrected chi connectivity index (χ4v) is 2.84. The van der Waals surface area contributed by atoms with Crippen LogP contribution in [-0.2, 0) is 13.1 Å². The van der Waals surface area contributed by atoms with E-state index in [1.54, 1.807) is 0 Å². The number of benzene rings is 1. The van der Waals surface area contributed by atoms with Crippen LogP contribution >= 0.6 is 12.4 Å². The first-order valence-electron chi connectivity index (χ1n) is 7.24. The molecule has 0 saturated carbocycles. The second-order valence-electron chi connectivity index (χ2n) is 5.79. The van der Waals surface area contributed by atoms with Gasteiger partial charge in [-0.3, -0.25) is 4.90 Å². The summed E-state index contributed by atoms with van der Waals surface area (Å²) in [5.74, 6) is 1.70. The minimum absolute atomic E-state index is 0. The van der Waals surface area contributed by atoms with E-state index in [-0.39, 0.29) is 12.4 Å². The van der Waals surface area contributed by atoms with Crippen molar-refractivity contribution in [1.82, 2.24) is 14.5 Å². The van der Waals surface area contributed by atoms with Crippen molar-refractivity contribution in [3.8, 4) is 0 Å². The highest BCUT2D eigenvalue weighted by Gasteiger charge is 2.27. The SMILES string of the molecule is CC1CN(Cc2nccn2Cc2ccccc2)CC1N.Cl. The van der Waals surface area contributed by atoms with Crippen LogP contribution in [0, 0.1) is 5.92 Å². The Morgan fingerprint density at radius 1 is 1.19 bits per heavy atom. The highest BCUT2D eigenvalue weighted by Crippen LogP contribution is 2.17. The van der Waals surface area contributed by atoms with Gasteiger partial charge in [-0.1, -0.05) is 37.3 Å². The lowest BCUT2D eigenvalue weighted by molar-refractivity contribution is 0.306. The molecule has 0 amide bonds. The number of nitrogens with zero attached hydrogens (tertiary/aromatic N) is 3. The fourth-order valence-electron chi connectivity index (χ4n) is 2.84. The maximum absolute atomic E-state index is 6.09. The summed E-state index contributed by atoms with van der Waals surface area (Å²) in [6.07, 6.45) is 3.94. The number of nitrogens with two attached hydrogens (primary N) is 1. The molecule has 0 bridgehead atoms. The summed E-state index contributed by atoms with van der Waals surface area (Å²) in [7, 11) is 0. The van der Waals surface area contributed by atoms with Crippen molar-refractivity contribution >= 4 is 12.4 Å². The van der Waals surface area contributed by atoms with Crippen molar-refractivity contribution in [3.05, 3.63) is 54.1 Å². The lowest BCUT2D eigenvalue weighted by atomic mass is 10.1. The summed E-state index contributed by atoms with van der Waals surface area (Å²) in [6, 6.07) is 10.8. The highest BCUT2D eigenvalue weighted by molar-refractivity contribution is 5.85. The van der Waals surface area contributed by atoms with Gasteiger partial charge in [0.25, 0.3) is 0 Å². The maximum Gasteiger partial charge on any atom is 0.123 e. The minimum Gasteiger partial charge on any atom is -0.329 e. The van der Waals surface area contributed by atoms with Crippen LogP contribution < -0.4 is 5.73 Å². The van der Waals surface area contributed by atoms with Crippen molar-refractivity contribution < 1.29 is 0 Å². The van der Waals surface area contributed by atoms with Gasteiger partial charge in [-0.05, 0) is 11.5 Å². The highest BCUT2D eigenvalue weighted by atomic mass is 35.5. The molecule has 0 aliphatic carbocycles. The van der Waals surface area contributed by atoms with Crippen LogP contribution in [-0.4, -0.2) is 33.6 Å². The molecular weight excluding hydrogens is 284 g/mol. The van der Waals surface area contributed by atoms with Gasteiger partial charge in [0.1, 0.15) is 5.82 Å². The molecule has 3 rings (SSSR count). The predicted octanol–water partition coefficient (Wildman–Crippen LogP) is 2.13. The first kappa shape index (κ1) is 16.0. The van der Waals surface area contributed by atoms with E-state index in [0.717, 1.165) is 32.0 Å². The first-order chi connectivity index (χ1) is 9.72. The molecule has 1 fully saturated rings.